The maximum Gasteiger partial charge on any atom is 0.0783 e. The molecule has 0 saturated heterocycles. The molecule has 4 nitrogen and oxygen atoms in total. The second kappa shape index (κ2) is 5.13. The second-order valence-electron chi connectivity index (χ2n) is 5.54. The Morgan fingerprint density at radius 2 is 2.21 bits per heavy atom. The topological polar surface area (TPSA) is 42.7 Å². The molecule has 1 heterocycles. The highest BCUT2D eigenvalue weighted by Crippen LogP contribution is 2.21. The molecule has 1 fully saturated rings. The summed E-state index contributed by atoms with van der Waals surface area (Å²) < 4.78 is 1.93. The summed E-state index contributed by atoms with van der Waals surface area (Å²) in [5, 5.41) is 11.8. The molecule has 1 aliphatic rings. The van der Waals surface area contributed by atoms with E-state index in [0.717, 1.165) is 17.9 Å². The highest BCUT2D eigenvalue weighted by molar-refractivity contribution is 5.37. The van der Waals surface area contributed by atoms with Crippen LogP contribution in [0, 0.1) is 0 Å². The van der Waals surface area contributed by atoms with Crippen LogP contribution in [0.5, 0.6) is 0 Å². The molecular formula is C15H20N4. The predicted molar refractivity (Wildman–Crippen MR) is 75.3 cm³/mol. The largest absolute Gasteiger partial charge is 0.308 e. The number of nitrogens with zero attached hydrogens (tertiary/aromatic N) is 3. The maximum atomic E-state index is 4.21. The molecule has 1 aromatic carbocycles. The molecule has 0 radical (unpaired) electrons. The molecule has 3 rings (SSSR count). The first-order valence-electron chi connectivity index (χ1n) is 6.97. The lowest BCUT2D eigenvalue weighted by Gasteiger charge is -2.10. The van der Waals surface area contributed by atoms with Gasteiger partial charge in [-0.05, 0) is 36.5 Å². The first-order valence-corrected chi connectivity index (χ1v) is 6.97. The van der Waals surface area contributed by atoms with Crippen LogP contribution in [-0.2, 0) is 6.54 Å². The summed E-state index contributed by atoms with van der Waals surface area (Å²) in [6, 6.07) is 9.23. The van der Waals surface area contributed by atoms with Gasteiger partial charge in [-0.25, -0.2) is 4.68 Å². The van der Waals surface area contributed by atoms with Crippen LogP contribution in [0.15, 0.2) is 30.5 Å². The van der Waals surface area contributed by atoms with Crippen LogP contribution in [0.4, 0.5) is 0 Å². The van der Waals surface area contributed by atoms with Crippen molar-refractivity contribution in [3.8, 4) is 5.69 Å². The van der Waals surface area contributed by atoms with Gasteiger partial charge in [-0.3, -0.25) is 0 Å². The van der Waals surface area contributed by atoms with Crippen molar-refractivity contribution in [2.75, 3.05) is 0 Å². The third kappa shape index (κ3) is 2.84. The van der Waals surface area contributed by atoms with Crippen LogP contribution in [0.1, 0.15) is 43.9 Å². The van der Waals surface area contributed by atoms with E-state index < -0.39 is 0 Å². The van der Waals surface area contributed by atoms with Crippen molar-refractivity contribution in [2.45, 2.75) is 45.2 Å². The lowest BCUT2D eigenvalue weighted by atomic mass is 10.0. The number of hydrogen-bond donors (Lipinski definition) is 1. The average molecular weight is 256 g/mol. The van der Waals surface area contributed by atoms with Gasteiger partial charge in [0.15, 0.2) is 0 Å². The molecule has 1 aliphatic carbocycles. The van der Waals surface area contributed by atoms with Gasteiger partial charge in [0, 0.05) is 12.6 Å². The summed E-state index contributed by atoms with van der Waals surface area (Å²) in [6.45, 7) is 5.25. The van der Waals surface area contributed by atoms with Crippen molar-refractivity contribution in [3.05, 3.63) is 41.7 Å². The Morgan fingerprint density at radius 1 is 1.37 bits per heavy atom. The van der Waals surface area contributed by atoms with Crippen molar-refractivity contribution in [3.63, 3.8) is 0 Å². The van der Waals surface area contributed by atoms with Gasteiger partial charge in [0.05, 0.1) is 17.6 Å². The normalized spacial score (nSPS) is 15.1. The van der Waals surface area contributed by atoms with E-state index in [4.69, 9.17) is 0 Å². The fourth-order valence-electron chi connectivity index (χ4n) is 2.15. The minimum atomic E-state index is 0.525. The van der Waals surface area contributed by atoms with Crippen molar-refractivity contribution in [1.82, 2.24) is 20.3 Å². The van der Waals surface area contributed by atoms with Crippen LogP contribution in [0.2, 0.25) is 0 Å². The molecule has 1 aromatic heterocycles. The van der Waals surface area contributed by atoms with Crippen molar-refractivity contribution in [1.29, 1.82) is 0 Å². The fraction of sp³-hybridized carbons (Fsp3) is 0.467. The van der Waals surface area contributed by atoms with Gasteiger partial charge in [-0.1, -0.05) is 31.2 Å². The van der Waals surface area contributed by atoms with E-state index in [-0.39, 0.29) is 0 Å². The molecule has 4 heteroatoms. The highest BCUT2D eigenvalue weighted by Gasteiger charge is 2.21. The second-order valence-corrected chi connectivity index (χ2v) is 5.54. The Bertz CT molecular complexity index is 555. The predicted octanol–water partition coefficient (Wildman–Crippen LogP) is 2.64. The van der Waals surface area contributed by atoms with E-state index in [2.05, 4.69) is 53.7 Å². The fourth-order valence-corrected chi connectivity index (χ4v) is 2.15. The molecule has 0 unspecified atom stereocenters. The molecule has 100 valence electrons. The monoisotopic (exact) mass is 256 g/mol. The molecule has 0 bridgehead atoms. The van der Waals surface area contributed by atoms with Gasteiger partial charge in [-0.2, -0.15) is 0 Å². The quantitative estimate of drug-likeness (QED) is 0.894. The molecule has 0 amide bonds. The number of nitrogens with one attached hydrogen (secondary N) is 1. The van der Waals surface area contributed by atoms with Gasteiger partial charge in [0.2, 0.25) is 0 Å². The van der Waals surface area contributed by atoms with E-state index in [0.29, 0.717) is 12.0 Å². The lowest BCUT2D eigenvalue weighted by Crippen LogP contribution is -2.18. The molecule has 0 atom stereocenters. The zero-order valence-electron chi connectivity index (χ0n) is 11.5. The Labute approximate surface area is 113 Å². The summed E-state index contributed by atoms with van der Waals surface area (Å²) in [5.74, 6) is 0.525. The Balaban J connectivity index is 1.84. The van der Waals surface area contributed by atoms with E-state index >= 15 is 0 Å². The summed E-state index contributed by atoms with van der Waals surface area (Å²) >= 11 is 0. The Kier molecular flexibility index (Phi) is 3.34. The highest BCUT2D eigenvalue weighted by atomic mass is 15.4. The number of hydrogen-bond acceptors (Lipinski definition) is 3. The van der Waals surface area contributed by atoms with E-state index in [9.17, 15) is 0 Å². The molecular weight excluding hydrogens is 236 g/mol. The smallest absolute Gasteiger partial charge is 0.0783 e. The molecule has 2 aromatic rings. The number of rotatable bonds is 5. The summed E-state index contributed by atoms with van der Waals surface area (Å²) in [4.78, 5) is 0. The minimum absolute atomic E-state index is 0.525. The summed E-state index contributed by atoms with van der Waals surface area (Å²) in [6.07, 6.45) is 4.44. The average Bonchev–Trinajstić information content (AvgIpc) is 3.13. The van der Waals surface area contributed by atoms with Crippen LogP contribution in [0.25, 0.3) is 5.69 Å². The van der Waals surface area contributed by atoms with Crippen molar-refractivity contribution < 1.29 is 0 Å². The number of aromatic nitrogens is 3. The van der Waals surface area contributed by atoms with Gasteiger partial charge >= 0.3 is 0 Å². The Morgan fingerprint density at radius 3 is 2.95 bits per heavy atom. The van der Waals surface area contributed by atoms with Crippen LogP contribution < -0.4 is 5.32 Å². The van der Waals surface area contributed by atoms with Crippen LogP contribution in [-0.4, -0.2) is 21.0 Å². The van der Waals surface area contributed by atoms with E-state index in [1.165, 1.54) is 18.4 Å². The molecule has 1 saturated carbocycles. The van der Waals surface area contributed by atoms with Crippen LogP contribution in [0.3, 0.4) is 0 Å². The van der Waals surface area contributed by atoms with Gasteiger partial charge < -0.3 is 5.32 Å². The lowest BCUT2D eigenvalue weighted by molar-refractivity contribution is 0.646. The first-order chi connectivity index (χ1) is 9.24. The van der Waals surface area contributed by atoms with Gasteiger partial charge in [0.1, 0.15) is 0 Å². The third-order valence-corrected chi connectivity index (χ3v) is 3.55. The summed E-state index contributed by atoms with van der Waals surface area (Å²) in [7, 11) is 0. The van der Waals surface area contributed by atoms with E-state index in [1.54, 1.807) is 0 Å². The zero-order chi connectivity index (χ0) is 13.2. The minimum Gasteiger partial charge on any atom is -0.308 e. The van der Waals surface area contributed by atoms with E-state index in [1.807, 2.05) is 10.9 Å². The SMILES string of the molecule is CC(C)c1cccc(-n2nncc2CNC2CC2)c1. The molecule has 0 spiro atoms. The maximum absolute atomic E-state index is 4.21. The standard InChI is InChI=1S/C15H20N4/c1-11(2)12-4-3-5-14(8-12)19-15(10-17-18-19)9-16-13-6-7-13/h3-5,8,10-11,13,16H,6-7,9H2,1-2H3. The first kappa shape index (κ1) is 12.4. The molecule has 19 heavy (non-hydrogen) atoms. The summed E-state index contributed by atoms with van der Waals surface area (Å²) in [5.41, 5.74) is 3.54. The number of benzene rings is 1. The third-order valence-electron chi connectivity index (χ3n) is 3.55. The Hall–Kier alpha value is -1.68. The van der Waals surface area contributed by atoms with Crippen molar-refractivity contribution >= 4 is 0 Å². The molecule has 1 N–H and O–H groups in total. The van der Waals surface area contributed by atoms with Crippen LogP contribution >= 0.6 is 0 Å². The van der Waals surface area contributed by atoms with Gasteiger partial charge in [-0.15, -0.1) is 5.10 Å². The molecule has 0 aliphatic heterocycles. The van der Waals surface area contributed by atoms with Crippen molar-refractivity contribution in [2.24, 2.45) is 0 Å². The van der Waals surface area contributed by atoms with Gasteiger partial charge in [0.25, 0.3) is 0 Å². The zero-order valence-corrected chi connectivity index (χ0v) is 11.5.